The van der Waals surface area contributed by atoms with Crippen LogP contribution in [0.3, 0.4) is 0 Å². The van der Waals surface area contributed by atoms with Crippen LogP contribution in [0.25, 0.3) is 0 Å². The van der Waals surface area contributed by atoms with Crippen molar-refractivity contribution in [1.29, 1.82) is 0 Å². The molecule has 0 radical (unpaired) electrons. The number of carbonyl (C=O) groups is 2. The largest absolute Gasteiger partial charge is 0.455 e. The number of unbranched alkanes of at least 4 members (excludes halogenated alkanes) is 2. The number of carbonyl (C=O) groups excluding carboxylic acids is 2. The molecule has 2 bridgehead atoms. The van der Waals surface area contributed by atoms with E-state index in [0.29, 0.717) is 19.3 Å². The molecule has 20 nitrogen and oxygen atoms in total. The summed E-state index contributed by atoms with van der Waals surface area (Å²) in [5.41, 5.74) is 0. The average molecular weight is 911 g/mol. The Labute approximate surface area is 369 Å². The molecular weight excluding hydrogens is 836 g/mol. The molecule has 0 saturated carbocycles. The SMILES string of the molecule is CCCCC[C@H]1CCCCCCCCCC(=O)O[C@H]2[C@@H](OC(=O)CC)[C@@H](O[C@H](C)[C@H]2O[C@H]2O[C@H](C)[C@H](O)[C@@H](O)[C@H]2O)O[C@H]2C(O[C@H]3[C@@H](O1)O[C@H](C)[C@H](O)[C@H]3O)O[C@H](CO)[C@H](O)[C@H]2O. The quantitative estimate of drug-likeness (QED) is 0.114. The van der Waals surface area contributed by atoms with Crippen molar-refractivity contribution < 1.29 is 97.8 Å². The van der Waals surface area contributed by atoms with E-state index in [2.05, 4.69) is 6.92 Å². The highest BCUT2D eigenvalue weighted by molar-refractivity contribution is 5.70. The molecule has 0 aromatic rings. The number of aliphatic hydroxyl groups excluding tert-OH is 8. The van der Waals surface area contributed by atoms with Crippen LogP contribution in [0.4, 0.5) is 0 Å². The maximum atomic E-state index is 13.7. The molecule has 21 atom stereocenters. The highest BCUT2D eigenvalue weighted by Gasteiger charge is 2.57. The van der Waals surface area contributed by atoms with Gasteiger partial charge in [-0.1, -0.05) is 71.6 Å². The molecule has 20 heteroatoms. The number of rotatable bonds is 9. The Balaban J connectivity index is 1.53. The molecule has 8 N–H and O–H groups in total. The standard InChI is InChI=1S/C43H74O20/c1-6-8-14-17-24-18-15-12-10-9-11-13-16-19-27(46)60-38-35(61-40-34(53)31(50)28(47)21(3)54-40)23(5)56-43(39(38)59-26(45)7-2)63-37-33(52)30(49)25(20-44)58-42(37)62-36-32(51)29(48)22(4)55-41(36)57-24/h21-25,28-44,47-53H,6-20H2,1-5H3/t21-,22-,23-,24+,25-,28+,29+,30+,31-,32-,33-,34-,35-,36-,37-,38-,39-,40-,41-,42?,43+/m1/s1. The second-order valence-corrected chi connectivity index (χ2v) is 17.6. The monoisotopic (exact) mass is 910 g/mol. The first-order valence-corrected chi connectivity index (χ1v) is 23.1. The Morgan fingerprint density at radius 3 is 1.86 bits per heavy atom. The second-order valence-electron chi connectivity index (χ2n) is 17.6. The molecule has 63 heavy (non-hydrogen) atoms. The van der Waals surface area contributed by atoms with Crippen LogP contribution < -0.4 is 0 Å². The minimum Gasteiger partial charge on any atom is -0.455 e. The lowest BCUT2D eigenvalue weighted by atomic mass is 9.95. The summed E-state index contributed by atoms with van der Waals surface area (Å²) >= 11 is 0. The van der Waals surface area contributed by atoms with E-state index in [4.69, 9.17) is 47.4 Å². The van der Waals surface area contributed by atoms with Gasteiger partial charge in [0, 0.05) is 12.8 Å². The van der Waals surface area contributed by atoms with Crippen molar-refractivity contribution in [2.24, 2.45) is 0 Å². The van der Waals surface area contributed by atoms with Gasteiger partial charge >= 0.3 is 11.9 Å². The van der Waals surface area contributed by atoms with Gasteiger partial charge < -0.3 is 88.2 Å². The van der Waals surface area contributed by atoms with Crippen LogP contribution in [-0.4, -0.2) is 188 Å². The van der Waals surface area contributed by atoms with Gasteiger partial charge in [0.15, 0.2) is 37.4 Å². The number of ether oxygens (including phenoxy) is 10. The van der Waals surface area contributed by atoms with E-state index in [9.17, 15) is 50.4 Å². The van der Waals surface area contributed by atoms with Gasteiger partial charge in [0.1, 0.15) is 67.1 Å². The van der Waals surface area contributed by atoms with Crippen molar-refractivity contribution in [3.05, 3.63) is 0 Å². The first-order chi connectivity index (χ1) is 30.1. The lowest BCUT2D eigenvalue weighted by Crippen LogP contribution is -2.67. The minimum atomic E-state index is -1.89. The molecule has 0 spiro atoms. The molecule has 5 saturated heterocycles. The van der Waals surface area contributed by atoms with Crippen LogP contribution in [0.1, 0.15) is 125 Å². The van der Waals surface area contributed by atoms with Crippen molar-refractivity contribution in [3.8, 4) is 0 Å². The Morgan fingerprint density at radius 1 is 0.603 bits per heavy atom. The van der Waals surface area contributed by atoms with Crippen LogP contribution in [-0.2, 0) is 57.0 Å². The topological polar surface area (TPSA) is 288 Å². The normalized spacial score (nSPS) is 45.3. The van der Waals surface area contributed by atoms with Gasteiger partial charge in [-0.25, -0.2) is 0 Å². The highest BCUT2D eigenvalue weighted by Crippen LogP contribution is 2.37. The zero-order chi connectivity index (χ0) is 46.0. The van der Waals surface area contributed by atoms with Crippen molar-refractivity contribution >= 4 is 11.9 Å². The summed E-state index contributed by atoms with van der Waals surface area (Å²) in [6.07, 6.45) is -20.7. The Kier molecular flexibility index (Phi) is 20.7. The first-order valence-electron chi connectivity index (χ1n) is 23.1. The summed E-state index contributed by atoms with van der Waals surface area (Å²) < 4.78 is 61.5. The zero-order valence-electron chi connectivity index (χ0n) is 37.2. The molecule has 5 fully saturated rings. The van der Waals surface area contributed by atoms with Crippen LogP contribution in [0.15, 0.2) is 0 Å². The van der Waals surface area contributed by atoms with Gasteiger partial charge in [0.25, 0.3) is 0 Å². The molecule has 0 aliphatic carbocycles. The molecule has 5 heterocycles. The molecule has 5 rings (SSSR count). The summed E-state index contributed by atoms with van der Waals surface area (Å²) in [4.78, 5) is 26.8. The molecule has 1 unspecified atom stereocenters. The van der Waals surface area contributed by atoms with E-state index in [1.54, 1.807) is 6.92 Å². The third-order valence-electron chi connectivity index (χ3n) is 12.7. The number of hydrogen-bond acceptors (Lipinski definition) is 20. The summed E-state index contributed by atoms with van der Waals surface area (Å²) in [7, 11) is 0. The van der Waals surface area contributed by atoms with E-state index in [0.717, 1.165) is 57.8 Å². The summed E-state index contributed by atoms with van der Waals surface area (Å²) in [6.45, 7) is 7.38. The fraction of sp³-hybridized carbons (Fsp3) is 0.953. The Hall–Kier alpha value is -1.70. The van der Waals surface area contributed by atoms with Gasteiger partial charge in [-0.2, -0.15) is 0 Å². The predicted octanol–water partition coefficient (Wildman–Crippen LogP) is 0.344. The minimum absolute atomic E-state index is 0.0169. The molecule has 0 aromatic heterocycles. The van der Waals surface area contributed by atoms with Crippen molar-refractivity contribution in [2.75, 3.05) is 6.61 Å². The van der Waals surface area contributed by atoms with E-state index in [1.165, 1.54) is 20.8 Å². The summed E-state index contributed by atoms with van der Waals surface area (Å²) in [5.74, 6) is -1.47. The molecule has 5 aliphatic rings. The predicted molar refractivity (Wildman–Crippen MR) is 216 cm³/mol. The summed E-state index contributed by atoms with van der Waals surface area (Å²) in [6, 6.07) is 0. The summed E-state index contributed by atoms with van der Waals surface area (Å²) in [5, 5.41) is 87.4. The fourth-order valence-electron chi connectivity index (χ4n) is 8.75. The molecule has 366 valence electrons. The second kappa shape index (κ2) is 24.9. The van der Waals surface area contributed by atoms with Crippen LogP contribution in [0.2, 0.25) is 0 Å². The first kappa shape index (κ1) is 52.3. The van der Waals surface area contributed by atoms with E-state index >= 15 is 0 Å². The number of fused-ring (bicyclic) bond motifs is 4. The number of esters is 2. The third kappa shape index (κ3) is 13.5. The van der Waals surface area contributed by atoms with E-state index in [1.807, 2.05) is 0 Å². The maximum absolute atomic E-state index is 13.7. The Morgan fingerprint density at radius 2 is 1.19 bits per heavy atom. The molecule has 0 aromatic carbocycles. The molecular formula is C43H74O20. The lowest BCUT2D eigenvalue weighted by molar-refractivity contribution is -0.399. The lowest BCUT2D eigenvalue weighted by Gasteiger charge is -2.50. The number of hydrogen-bond donors (Lipinski definition) is 8. The van der Waals surface area contributed by atoms with Crippen LogP contribution >= 0.6 is 0 Å². The zero-order valence-corrected chi connectivity index (χ0v) is 37.2. The molecule has 5 aliphatic heterocycles. The van der Waals surface area contributed by atoms with E-state index in [-0.39, 0.29) is 18.9 Å². The maximum Gasteiger partial charge on any atom is 0.306 e. The van der Waals surface area contributed by atoms with Gasteiger partial charge in [0.05, 0.1) is 31.0 Å². The van der Waals surface area contributed by atoms with Gasteiger partial charge in [-0.05, 0) is 40.0 Å². The van der Waals surface area contributed by atoms with Crippen molar-refractivity contribution in [2.45, 2.75) is 253 Å². The van der Waals surface area contributed by atoms with E-state index < -0.39 is 141 Å². The fourth-order valence-corrected chi connectivity index (χ4v) is 8.75. The van der Waals surface area contributed by atoms with Gasteiger partial charge in [-0.3, -0.25) is 9.59 Å². The average Bonchev–Trinajstić information content (AvgIpc) is 3.25. The van der Waals surface area contributed by atoms with Crippen LogP contribution in [0, 0.1) is 0 Å². The van der Waals surface area contributed by atoms with Crippen LogP contribution in [0.5, 0.6) is 0 Å². The third-order valence-corrected chi connectivity index (χ3v) is 12.7. The Bertz CT molecular complexity index is 1380. The van der Waals surface area contributed by atoms with Gasteiger partial charge in [-0.15, -0.1) is 0 Å². The van der Waals surface area contributed by atoms with Crippen molar-refractivity contribution in [3.63, 3.8) is 0 Å². The highest BCUT2D eigenvalue weighted by atomic mass is 16.8. The molecule has 0 amide bonds. The van der Waals surface area contributed by atoms with Gasteiger partial charge in [0.2, 0.25) is 0 Å². The smallest absolute Gasteiger partial charge is 0.306 e. The van der Waals surface area contributed by atoms with Crippen molar-refractivity contribution in [1.82, 2.24) is 0 Å². The number of aliphatic hydroxyl groups is 8.